The van der Waals surface area contributed by atoms with Gasteiger partial charge in [-0.25, -0.2) is 4.39 Å². The SMILES string of the molecule is O=C1CCC(Nc2ccc(N3CCC4(CC3)OCCO4)c(F)c2)C(=O)N1. The summed E-state index contributed by atoms with van der Waals surface area (Å²) < 4.78 is 26.0. The third-order valence-corrected chi connectivity index (χ3v) is 5.21. The van der Waals surface area contributed by atoms with Crippen molar-refractivity contribution >= 4 is 23.2 Å². The summed E-state index contributed by atoms with van der Waals surface area (Å²) in [6, 6.07) is 4.35. The molecule has 7 nitrogen and oxygen atoms in total. The molecule has 2 N–H and O–H groups in total. The van der Waals surface area contributed by atoms with E-state index in [0.717, 1.165) is 0 Å². The molecule has 3 aliphatic heterocycles. The van der Waals surface area contributed by atoms with Crippen LogP contribution in [0, 0.1) is 5.82 Å². The van der Waals surface area contributed by atoms with E-state index in [-0.39, 0.29) is 24.1 Å². The predicted molar refractivity (Wildman–Crippen MR) is 92.3 cm³/mol. The van der Waals surface area contributed by atoms with Crippen LogP contribution in [0.5, 0.6) is 0 Å². The second kappa shape index (κ2) is 6.85. The Morgan fingerprint density at radius 1 is 1.19 bits per heavy atom. The minimum atomic E-state index is -0.524. The van der Waals surface area contributed by atoms with Crippen molar-refractivity contribution in [3.8, 4) is 0 Å². The Morgan fingerprint density at radius 3 is 2.58 bits per heavy atom. The van der Waals surface area contributed by atoms with Gasteiger partial charge in [0.15, 0.2) is 5.79 Å². The second-order valence-electron chi connectivity index (χ2n) is 6.91. The first-order chi connectivity index (χ1) is 12.5. The summed E-state index contributed by atoms with van der Waals surface area (Å²) in [6.07, 6.45) is 2.11. The Kier molecular flexibility index (Phi) is 4.54. The van der Waals surface area contributed by atoms with Crippen molar-refractivity contribution in [2.45, 2.75) is 37.5 Å². The Morgan fingerprint density at radius 2 is 1.92 bits per heavy atom. The van der Waals surface area contributed by atoms with Crippen LogP contribution in [0.4, 0.5) is 15.8 Å². The van der Waals surface area contributed by atoms with Crippen molar-refractivity contribution in [1.82, 2.24) is 5.32 Å². The first kappa shape index (κ1) is 17.2. The summed E-state index contributed by atoms with van der Waals surface area (Å²) in [5.74, 6) is -1.47. The molecule has 1 aromatic rings. The highest BCUT2D eigenvalue weighted by atomic mass is 19.1. The molecule has 3 fully saturated rings. The van der Waals surface area contributed by atoms with Gasteiger partial charge in [-0.15, -0.1) is 0 Å². The molecule has 0 aromatic heterocycles. The number of halogens is 1. The predicted octanol–water partition coefficient (Wildman–Crippen LogP) is 1.39. The molecule has 1 aromatic carbocycles. The van der Waals surface area contributed by atoms with Crippen molar-refractivity contribution in [1.29, 1.82) is 0 Å². The first-order valence-electron chi connectivity index (χ1n) is 8.97. The summed E-state index contributed by atoms with van der Waals surface area (Å²) >= 11 is 0. The lowest BCUT2D eigenvalue weighted by molar-refractivity contribution is -0.169. The van der Waals surface area contributed by atoms with Gasteiger partial charge < -0.3 is 19.7 Å². The number of piperidine rings is 2. The zero-order valence-corrected chi connectivity index (χ0v) is 14.4. The molecule has 0 bridgehead atoms. The van der Waals surface area contributed by atoms with Crippen molar-refractivity contribution in [3.05, 3.63) is 24.0 Å². The van der Waals surface area contributed by atoms with Gasteiger partial charge in [0, 0.05) is 38.0 Å². The largest absolute Gasteiger partial charge is 0.374 e. The number of hydrogen-bond acceptors (Lipinski definition) is 6. The Hall–Kier alpha value is -2.19. The topological polar surface area (TPSA) is 79.9 Å². The van der Waals surface area contributed by atoms with Crippen molar-refractivity contribution < 1.29 is 23.5 Å². The highest BCUT2D eigenvalue weighted by Crippen LogP contribution is 2.34. The van der Waals surface area contributed by atoms with Gasteiger partial charge in [-0.1, -0.05) is 0 Å². The van der Waals surface area contributed by atoms with Gasteiger partial charge in [0.2, 0.25) is 11.8 Å². The summed E-state index contributed by atoms with van der Waals surface area (Å²) in [5, 5.41) is 5.28. The van der Waals surface area contributed by atoms with Crippen LogP contribution in [0.15, 0.2) is 18.2 Å². The number of imide groups is 1. The number of rotatable bonds is 3. The van der Waals surface area contributed by atoms with Crippen molar-refractivity contribution in [2.24, 2.45) is 0 Å². The van der Waals surface area contributed by atoms with Gasteiger partial charge in [-0.3, -0.25) is 14.9 Å². The summed E-state index contributed by atoms with van der Waals surface area (Å²) in [6.45, 7) is 2.57. The molecule has 3 saturated heterocycles. The first-order valence-corrected chi connectivity index (χ1v) is 8.97. The molecule has 2 amide bonds. The lowest BCUT2D eigenvalue weighted by Gasteiger charge is -2.38. The molecule has 1 atom stereocenters. The number of amides is 2. The lowest BCUT2D eigenvalue weighted by Crippen LogP contribution is -2.47. The quantitative estimate of drug-likeness (QED) is 0.790. The third kappa shape index (κ3) is 3.39. The number of nitrogens with one attached hydrogen (secondary N) is 2. The van der Waals surface area contributed by atoms with Gasteiger partial charge >= 0.3 is 0 Å². The van der Waals surface area contributed by atoms with Gasteiger partial charge in [0.05, 0.1) is 18.9 Å². The van der Waals surface area contributed by atoms with Gasteiger partial charge in [-0.05, 0) is 24.6 Å². The molecule has 1 spiro atoms. The van der Waals surface area contributed by atoms with E-state index in [1.807, 2.05) is 4.90 Å². The van der Waals surface area contributed by atoms with Crippen LogP contribution >= 0.6 is 0 Å². The maximum Gasteiger partial charge on any atom is 0.249 e. The minimum absolute atomic E-state index is 0.271. The van der Waals surface area contributed by atoms with E-state index in [0.29, 0.717) is 56.9 Å². The number of carbonyl (C=O) groups is 2. The van der Waals surface area contributed by atoms with E-state index in [1.54, 1.807) is 12.1 Å². The number of anilines is 2. The molecule has 140 valence electrons. The normalized spacial score (nSPS) is 25.4. The molecule has 0 radical (unpaired) electrons. The number of carbonyl (C=O) groups excluding carboxylic acids is 2. The minimum Gasteiger partial charge on any atom is -0.374 e. The van der Waals surface area contributed by atoms with Crippen LogP contribution < -0.4 is 15.5 Å². The van der Waals surface area contributed by atoms with Crippen molar-refractivity contribution in [3.63, 3.8) is 0 Å². The van der Waals surface area contributed by atoms with E-state index in [4.69, 9.17) is 9.47 Å². The smallest absolute Gasteiger partial charge is 0.249 e. The number of nitrogens with zero attached hydrogens (tertiary/aromatic N) is 1. The molecule has 3 heterocycles. The highest BCUT2D eigenvalue weighted by Gasteiger charge is 2.40. The Bertz CT molecular complexity index is 710. The van der Waals surface area contributed by atoms with E-state index in [1.165, 1.54) is 6.07 Å². The van der Waals surface area contributed by atoms with Crippen LogP contribution in [0.1, 0.15) is 25.7 Å². The van der Waals surface area contributed by atoms with Crippen LogP contribution in [-0.4, -0.2) is 49.9 Å². The van der Waals surface area contributed by atoms with Gasteiger partial charge in [0.25, 0.3) is 0 Å². The molecule has 26 heavy (non-hydrogen) atoms. The fourth-order valence-corrected chi connectivity index (χ4v) is 3.76. The number of ether oxygens (including phenoxy) is 2. The molecule has 0 saturated carbocycles. The Labute approximate surface area is 150 Å². The Balaban J connectivity index is 1.40. The van der Waals surface area contributed by atoms with Crippen LogP contribution in [0.25, 0.3) is 0 Å². The molecular weight excluding hydrogens is 341 g/mol. The molecule has 8 heteroatoms. The van der Waals surface area contributed by atoms with Gasteiger partial charge in [-0.2, -0.15) is 0 Å². The molecule has 1 unspecified atom stereocenters. The lowest BCUT2D eigenvalue weighted by atomic mass is 10.0. The standard InChI is InChI=1S/C18H22FN3O4/c19-13-11-12(20-14-2-4-16(23)21-17(14)24)1-3-15(13)22-7-5-18(6-8-22)25-9-10-26-18/h1,3,11,14,20H,2,4-10H2,(H,21,23,24). The maximum absolute atomic E-state index is 14.6. The van der Waals surface area contributed by atoms with Crippen molar-refractivity contribution in [2.75, 3.05) is 36.5 Å². The number of benzene rings is 1. The molecular formula is C18H22FN3O4. The molecule has 3 aliphatic rings. The van der Waals surface area contributed by atoms with Crippen LogP contribution in [-0.2, 0) is 19.1 Å². The number of hydrogen-bond donors (Lipinski definition) is 2. The summed E-state index contributed by atoms with van der Waals surface area (Å²) in [5.41, 5.74) is 1.06. The molecule has 0 aliphatic carbocycles. The van der Waals surface area contributed by atoms with Crippen LogP contribution in [0.3, 0.4) is 0 Å². The average Bonchev–Trinajstić information content (AvgIpc) is 3.07. The van der Waals surface area contributed by atoms with Gasteiger partial charge in [0.1, 0.15) is 11.9 Å². The fraction of sp³-hybridized carbons (Fsp3) is 0.556. The highest BCUT2D eigenvalue weighted by molar-refractivity contribution is 6.01. The van der Waals surface area contributed by atoms with Crippen LogP contribution in [0.2, 0.25) is 0 Å². The second-order valence-corrected chi connectivity index (χ2v) is 6.91. The fourth-order valence-electron chi connectivity index (χ4n) is 3.76. The van der Waals surface area contributed by atoms with E-state index in [2.05, 4.69) is 10.6 Å². The summed E-state index contributed by atoms with van der Waals surface area (Å²) in [4.78, 5) is 25.0. The van der Waals surface area contributed by atoms with E-state index in [9.17, 15) is 14.0 Å². The average molecular weight is 363 g/mol. The monoisotopic (exact) mass is 363 g/mol. The summed E-state index contributed by atoms with van der Waals surface area (Å²) in [7, 11) is 0. The van der Waals surface area contributed by atoms with E-state index >= 15 is 0 Å². The zero-order valence-electron chi connectivity index (χ0n) is 14.4. The zero-order chi connectivity index (χ0) is 18.1. The van der Waals surface area contributed by atoms with E-state index < -0.39 is 11.8 Å². The maximum atomic E-state index is 14.6. The molecule has 4 rings (SSSR count). The third-order valence-electron chi connectivity index (χ3n) is 5.21.